The van der Waals surface area contributed by atoms with Crippen LogP contribution in [0.15, 0.2) is 240 Å². The molecule has 2 unspecified atom stereocenters. The third-order valence-electron chi connectivity index (χ3n) is 12.0. The number of hydrogen-bond donors (Lipinski definition) is 0. The number of benzene rings is 8. The summed E-state index contributed by atoms with van der Waals surface area (Å²) in [5, 5.41) is 9.25. The second-order valence-electron chi connectivity index (χ2n) is 16.2. The van der Waals surface area contributed by atoms with Crippen LogP contribution in [-0.2, 0) is 44.1 Å². The summed E-state index contributed by atoms with van der Waals surface area (Å²) < 4.78 is 112. The summed E-state index contributed by atoms with van der Waals surface area (Å²) in [6.07, 6.45) is 0. The van der Waals surface area contributed by atoms with Gasteiger partial charge in [-0.3, -0.25) is 0 Å². The van der Waals surface area contributed by atoms with Gasteiger partial charge in [0.1, 0.15) is 0 Å². The van der Waals surface area contributed by atoms with Crippen LogP contribution in [0.25, 0.3) is 0 Å². The molecule has 0 fully saturated rings. The zero-order chi connectivity index (χ0) is 52.1. The van der Waals surface area contributed by atoms with Gasteiger partial charge < -0.3 is 0 Å². The van der Waals surface area contributed by atoms with Crippen LogP contribution in [0.1, 0.15) is 20.7 Å². The second kappa shape index (κ2) is 20.4. The topological polar surface area (TPSA) is 232 Å². The molecule has 0 N–H and O–H groups in total. The van der Waals surface area contributed by atoms with E-state index >= 15 is 25.3 Å². The standard InChI is InChI=1S/C52H42N2O13P2S4/c55-49(41-23-7-1-8-24-41)39-72(63,64)68(43-27-11-3-12-28-43,44-29-13-4-14-30-44,70(61)51-37-21-19-35-47(51)53(57)58)67-69(45-31-15-5-16-32-45,46-33-17-6-18-34-46,71(62)52-38-22-20-36-48(52)54(59)60)73(65,66)40-50(56)42-25-9-2-10-26-42/h1-38H,39-40H2. The van der Waals surface area contributed by atoms with E-state index in [1.54, 1.807) is 12.1 Å². The van der Waals surface area contributed by atoms with Crippen molar-refractivity contribution in [1.29, 1.82) is 0 Å². The first kappa shape index (κ1) is 52.2. The number of nitro benzene ring substituents is 2. The van der Waals surface area contributed by atoms with Gasteiger partial charge in [-0.1, -0.05) is 0 Å². The minimum atomic E-state index is -7.46. The van der Waals surface area contributed by atoms with Crippen LogP contribution in [0.4, 0.5) is 11.4 Å². The van der Waals surface area contributed by atoms with Gasteiger partial charge in [0.15, 0.2) is 0 Å². The molecule has 0 aliphatic carbocycles. The molecule has 21 heteroatoms. The van der Waals surface area contributed by atoms with Crippen LogP contribution in [0.3, 0.4) is 0 Å². The van der Waals surface area contributed by atoms with Gasteiger partial charge in [0.2, 0.25) is 0 Å². The normalized spacial score (nSPS) is 14.0. The molecule has 8 aromatic carbocycles. The average Bonchev–Trinajstić information content (AvgIpc) is 3.42. The summed E-state index contributed by atoms with van der Waals surface area (Å²) >= 11 is 0. The van der Waals surface area contributed by atoms with E-state index in [0.29, 0.717) is 0 Å². The fourth-order valence-electron chi connectivity index (χ4n) is 8.74. The van der Waals surface area contributed by atoms with Gasteiger partial charge in [-0.15, -0.1) is 0 Å². The monoisotopic (exact) mass is 1090 g/mol. The molecule has 2 atom stereocenters. The number of nitrogens with zero attached hydrogens (tertiary/aromatic N) is 2. The van der Waals surface area contributed by atoms with Gasteiger partial charge in [-0.2, -0.15) is 0 Å². The van der Waals surface area contributed by atoms with Crippen molar-refractivity contribution in [1.82, 2.24) is 0 Å². The molecule has 73 heavy (non-hydrogen) atoms. The second-order valence-corrected chi connectivity index (χ2v) is 42.3. The SMILES string of the molecule is O=C(CS(=O)(=O)P(OP(c1ccccc1)(c1ccccc1)(S(=O)c1ccccc1[N+](=O)[O-])S(=O)(=O)CC(=O)c1ccccc1)(c1ccccc1)(c1ccccc1)S(=O)c1ccccc1[N+](=O)[O-])c1ccccc1. The van der Waals surface area contributed by atoms with Crippen molar-refractivity contribution in [2.75, 3.05) is 11.5 Å². The first-order valence-electron chi connectivity index (χ1n) is 21.9. The summed E-state index contributed by atoms with van der Waals surface area (Å²) in [7, 11) is -19.3. The Morgan fingerprint density at radius 1 is 0.397 bits per heavy atom. The zero-order valence-corrected chi connectivity index (χ0v) is 43.1. The number of nitro groups is 2. The number of carbonyl (C=O) groups excluding carboxylic acids is 2. The number of carbonyl (C=O) groups is 2. The Kier molecular flexibility index (Phi) is 14.6. The van der Waals surface area contributed by atoms with E-state index in [0.717, 1.165) is 24.3 Å². The van der Waals surface area contributed by atoms with E-state index in [1.807, 2.05) is 0 Å². The Hall–Kier alpha value is -7.08. The Balaban J connectivity index is 1.77. The summed E-state index contributed by atoms with van der Waals surface area (Å²) in [5.74, 6) is -5.48. The van der Waals surface area contributed by atoms with Crippen molar-refractivity contribution >= 4 is 94.4 Å². The summed E-state index contributed by atoms with van der Waals surface area (Å²) in [6.45, 7) is 0. The van der Waals surface area contributed by atoms with E-state index in [-0.39, 0.29) is 11.1 Å². The summed E-state index contributed by atoms with van der Waals surface area (Å²) in [5.41, 5.74) is -2.19. The van der Waals surface area contributed by atoms with Crippen molar-refractivity contribution in [3.8, 4) is 0 Å². The maximum atomic E-state index is 17.5. The van der Waals surface area contributed by atoms with Crippen LogP contribution in [0.5, 0.6) is 0 Å². The first-order chi connectivity index (χ1) is 35.0. The van der Waals surface area contributed by atoms with E-state index in [9.17, 15) is 29.8 Å². The average molecular weight is 1090 g/mol. The van der Waals surface area contributed by atoms with Gasteiger partial charge in [0, 0.05) is 0 Å². The third-order valence-corrected chi connectivity index (χ3v) is 50.7. The molecule has 0 bridgehead atoms. The van der Waals surface area contributed by atoms with Crippen LogP contribution >= 0.6 is 10.5 Å². The minimum absolute atomic E-state index is 0.173. The van der Waals surface area contributed by atoms with Crippen molar-refractivity contribution in [3.63, 3.8) is 0 Å². The predicted molar refractivity (Wildman–Crippen MR) is 287 cm³/mol. The van der Waals surface area contributed by atoms with Crippen molar-refractivity contribution in [2.24, 2.45) is 0 Å². The van der Waals surface area contributed by atoms with Gasteiger partial charge >= 0.3 is 427 Å². The van der Waals surface area contributed by atoms with Crippen LogP contribution < -0.4 is 21.2 Å². The van der Waals surface area contributed by atoms with Crippen LogP contribution in [-0.4, -0.2) is 58.2 Å². The molecule has 0 heterocycles. The van der Waals surface area contributed by atoms with E-state index in [1.165, 1.54) is 194 Å². The Bertz CT molecular complexity index is 3370. The predicted octanol–water partition coefficient (Wildman–Crippen LogP) is 8.93. The molecule has 0 aliphatic heterocycles. The first-order valence-corrected chi connectivity index (χ1v) is 34.2. The van der Waals surface area contributed by atoms with E-state index < -0.39 is 126 Å². The molecule has 0 aromatic heterocycles. The third kappa shape index (κ3) is 8.21. The molecule has 0 aliphatic rings. The fraction of sp³-hybridized carbons (Fsp3) is 0.0385. The maximum absolute atomic E-state index is 17.5. The van der Waals surface area contributed by atoms with Gasteiger partial charge in [-0.25, -0.2) is 0 Å². The van der Waals surface area contributed by atoms with Crippen LogP contribution in [0.2, 0.25) is 0 Å². The molecular weight excluding hydrogens is 1050 g/mol. The summed E-state index contributed by atoms with van der Waals surface area (Å²) in [6, 6.07) is 48.7. The molecule has 372 valence electrons. The Morgan fingerprint density at radius 3 is 0.890 bits per heavy atom. The van der Waals surface area contributed by atoms with Gasteiger partial charge in [-0.05, 0) is 0 Å². The van der Waals surface area contributed by atoms with E-state index in [4.69, 9.17) is 4.31 Å². The molecule has 0 radical (unpaired) electrons. The summed E-state index contributed by atoms with van der Waals surface area (Å²) in [4.78, 5) is 52.8. The van der Waals surface area contributed by atoms with Crippen LogP contribution in [0, 0.1) is 20.2 Å². The van der Waals surface area contributed by atoms with Gasteiger partial charge in [0.25, 0.3) is 0 Å². The molecule has 0 amide bonds. The molecule has 8 rings (SSSR count). The van der Waals surface area contributed by atoms with Crippen molar-refractivity contribution in [3.05, 3.63) is 262 Å². The quantitative estimate of drug-likeness (QED) is 0.0301. The fourth-order valence-corrected chi connectivity index (χ4v) is 53.6. The Morgan fingerprint density at radius 2 is 0.630 bits per heavy atom. The number of ketones is 2. The van der Waals surface area contributed by atoms with Crippen molar-refractivity contribution in [2.45, 2.75) is 9.79 Å². The van der Waals surface area contributed by atoms with Crippen molar-refractivity contribution < 1.29 is 49.0 Å². The molecule has 15 nitrogen and oxygen atoms in total. The number of rotatable bonds is 20. The molecular formula is C52H42N2O13P2S4. The number of Topliss-reactive ketones (excluding diaryl/α,β-unsaturated/α-hetero) is 2. The zero-order valence-electron chi connectivity index (χ0n) is 38.1. The number of hydrogen-bond acceptors (Lipinski definition) is 13. The van der Waals surface area contributed by atoms with E-state index in [2.05, 4.69) is 0 Å². The molecule has 0 saturated carbocycles. The number of para-hydroxylation sites is 2. The molecule has 8 aromatic rings. The molecule has 0 saturated heterocycles. The molecule has 0 spiro atoms. The Labute approximate surface area is 424 Å². The van der Waals surface area contributed by atoms with Gasteiger partial charge in [0.05, 0.1) is 0 Å².